The van der Waals surface area contributed by atoms with Gasteiger partial charge in [-0.1, -0.05) is 24.3 Å². The van der Waals surface area contributed by atoms with Crippen LogP contribution in [0.4, 0.5) is 0 Å². The normalized spacial score (nSPS) is 22.9. The number of aryl methyl sites for hydroxylation is 1. The van der Waals surface area contributed by atoms with Crippen molar-refractivity contribution < 1.29 is 4.92 Å². The fraction of sp³-hybridized carbons (Fsp3) is 0.333. The van der Waals surface area contributed by atoms with E-state index in [0.29, 0.717) is 12.0 Å². The van der Waals surface area contributed by atoms with Crippen LogP contribution in [0.2, 0.25) is 0 Å². The van der Waals surface area contributed by atoms with Gasteiger partial charge in [-0.25, -0.2) is 0 Å². The van der Waals surface area contributed by atoms with Gasteiger partial charge in [0.05, 0.1) is 0 Å². The molecule has 76 valence electrons. The Bertz CT molecular complexity index is 463. The quantitative estimate of drug-likeness (QED) is 0.243. The highest BCUT2D eigenvalue weighted by molar-refractivity contribution is 5.36. The molecule has 6 heteroatoms. The maximum Gasteiger partial charge on any atom is 0.327 e. The lowest BCUT2D eigenvalue weighted by atomic mass is 10.0. The predicted molar refractivity (Wildman–Crippen MR) is 52.6 cm³/mol. The van der Waals surface area contributed by atoms with E-state index in [0.717, 1.165) is 5.56 Å². The molecule has 0 amide bonds. The van der Waals surface area contributed by atoms with Gasteiger partial charge in [0.2, 0.25) is 0 Å². The maximum atomic E-state index is 11.0. The number of nitro groups is 1. The molecular formula is C9H8N4O2. The van der Waals surface area contributed by atoms with Gasteiger partial charge in [0.25, 0.3) is 0 Å². The summed E-state index contributed by atoms with van der Waals surface area (Å²) < 4.78 is 0. The van der Waals surface area contributed by atoms with Crippen LogP contribution >= 0.6 is 0 Å². The van der Waals surface area contributed by atoms with Crippen LogP contribution in [-0.4, -0.2) is 4.92 Å². The Labute approximate surface area is 85.3 Å². The summed E-state index contributed by atoms with van der Waals surface area (Å²) in [5, 5.41) is 14.4. The average Bonchev–Trinajstić information content (AvgIpc) is 2.60. The summed E-state index contributed by atoms with van der Waals surface area (Å²) in [5.41, 5.74) is 8.24. The van der Waals surface area contributed by atoms with Crippen molar-refractivity contribution in [3.05, 3.63) is 55.9 Å². The van der Waals surface area contributed by atoms with Crippen LogP contribution in [0.5, 0.6) is 0 Å². The van der Waals surface area contributed by atoms with E-state index in [2.05, 4.69) is 10.0 Å². The Morgan fingerprint density at radius 3 is 2.93 bits per heavy atom. The Kier molecular flexibility index (Phi) is 2.06. The molecule has 0 saturated heterocycles. The molecule has 1 unspecified atom stereocenters. The lowest BCUT2D eigenvalue weighted by molar-refractivity contribution is -0.577. The third-order valence-electron chi connectivity index (χ3n) is 2.70. The van der Waals surface area contributed by atoms with Crippen LogP contribution < -0.4 is 0 Å². The number of fused-ring (bicyclic) bond motifs is 1. The van der Waals surface area contributed by atoms with Crippen LogP contribution in [0.3, 0.4) is 0 Å². The number of benzene rings is 1. The van der Waals surface area contributed by atoms with Crippen molar-refractivity contribution in [3.63, 3.8) is 0 Å². The van der Waals surface area contributed by atoms with E-state index in [1.54, 1.807) is 12.1 Å². The summed E-state index contributed by atoms with van der Waals surface area (Å²) in [6.07, 6.45) is 0.819. The first-order valence-electron chi connectivity index (χ1n) is 4.50. The highest BCUT2D eigenvalue weighted by atomic mass is 16.6. The first-order chi connectivity index (χ1) is 7.20. The molecule has 1 aliphatic rings. The van der Waals surface area contributed by atoms with Gasteiger partial charge in [-0.2, -0.15) is 0 Å². The summed E-state index contributed by atoms with van der Waals surface area (Å²) in [6, 6.07) is 7.02. The largest absolute Gasteiger partial charge is 0.327 e. The predicted octanol–water partition coefficient (Wildman–Crippen LogP) is 2.37. The topological polar surface area (TPSA) is 91.9 Å². The molecule has 1 atom stereocenters. The first-order valence-corrected chi connectivity index (χ1v) is 4.50. The molecule has 0 aliphatic heterocycles. The van der Waals surface area contributed by atoms with Gasteiger partial charge in [0.15, 0.2) is 0 Å². The Morgan fingerprint density at radius 1 is 1.53 bits per heavy atom. The lowest BCUT2D eigenvalue weighted by Gasteiger charge is -2.14. The third kappa shape index (κ3) is 1.23. The van der Waals surface area contributed by atoms with Crippen molar-refractivity contribution >= 4 is 0 Å². The van der Waals surface area contributed by atoms with Gasteiger partial charge in [0, 0.05) is 21.8 Å². The zero-order chi connectivity index (χ0) is 10.9. The Morgan fingerprint density at radius 2 is 2.27 bits per heavy atom. The van der Waals surface area contributed by atoms with Crippen molar-refractivity contribution in [2.75, 3.05) is 0 Å². The van der Waals surface area contributed by atoms with Gasteiger partial charge in [-0.05, 0) is 22.6 Å². The van der Waals surface area contributed by atoms with Gasteiger partial charge < -0.3 is 0 Å². The molecule has 0 radical (unpaired) electrons. The molecule has 0 aromatic heterocycles. The molecule has 2 rings (SSSR count). The average molecular weight is 204 g/mol. The van der Waals surface area contributed by atoms with Crippen LogP contribution in [0, 0.1) is 10.1 Å². The van der Waals surface area contributed by atoms with Crippen LogP contribution in [0.15, 0.2) is 29.4 Å². The van der Waals surface area contributed by atoms with Crippen molar-refractivity contribution in [3.8, 4) is 0 Å². The summed E-state index contributed by atoms with van der Waals surface area (Å²) >= 11 is 0. The fourth-order valence-corrected chi connectivity index (χ4v) is 1.98. The van der Waals surface area contributed by atoms with E-state index in [9.17, 15) is 10.1 Å². The van der Waals surface area contributed by atoms with Crippen LogP contribution in [-0.2, 0) is 12.1 Å². The summed E-state index contributed by atoms with van der Waals surface area (Å²) in [5.74, 6) is 0. The van der Waals surface area contributed by atoms with Gasteiger partial charge >= 0.3 is 5.66 Å². The molecule has 1 aliphatic carbocycles. The highest BCUT2D eigenvalue weighted by Crippen LogP contribution is 2.40. The molecule has 15 heavy (non-hydrogen) atoms. The van der Waals surface area contributed by atoms with E-state index in [1.165, 1.54) is 0 Å². The number of hydrogen-bond acceptors (Lipinski definition) is 3. The smallest absolute Gasteiger partial charge is 0.263 e. The Balaban J connectivity index is 2.64. The summed E-state index contributed by atoms with van der Waals surface area (Å²) in [6.45, 7) is 0. The standard InChI is InChI=1S/C9H8N4O2/c10-12-11-9(13(14)15)6-5-7-3-1-2-4-8(7)9/h1-4H,5-6H2. The van der Waals surface area contributed by atoms with Gasteiger partial charge in [0.1, 0.15) is 0 Å². The van der Waals surface area contributed by atoms with Crippen molar-refractivity contribution in [1.82, 2.24) is 0 Å². The molecule has 1 aromatic rings. The van der Waals surface area contributed by atoms with Crippen LogP contribution in [0.1, 0.15) is 17.5 Å². The number of nitrogens with zero attached hydrogens (tertiary/aromatic N) is 4. The minimum Gasteiger partial charge on any atom is -0.263 e. The van der Waals surface area contributed by atoms with E-state index in [-0.39, 0.29) is 6.42 Å². The molecule has 0 spiro atoms. The molecule has 0 heterocycles. The molecule has 0 bridgehead atoms. The molecule has 0 saturated carbocycles. The zero-order valence-electron chi connectivity index (χ0n) is 7.83. The van der Waals surface area contributed by atoms with Crippen molar-refractivity contribution in [2.24, 2.45) is 5.11 Å². The van der Waals surface area contributed by atoms with E-state index < -0.39 is 10.6 Å². The van der Waals surface area contributed by atoms with E-state index in [4.69, 9.17) is 5.53 Å². The molecule has 6 nitrogen and oxygen atoms in total. The van der Waals surface area contributed by atoms with E-state index >= 15 is 0 Å². The van der Waals surface area contributed by atoms with Crippen molar-refractivity contribution in [1.29, 1.82) is 0 Å². The molecule has 0 fully saturated rings. The number of hydrogen-bond donors (Lipinski definition) is 0. The zero-order valence-corrected chi connectivity index (χ0v) is 7.83. The minimum atomic E-state index is -1.59. The molecule has 0 N–H and O–H groups in total. The monoisotopic (exact) mass is 204 g/mol. The van der Waals surface area contributed by atoms with Crippen molar-refractivity contribution in [2.45, 2.75) is 18.5 Å². The lowest BCUT2D eigenvalue weighted by Crippen LogP contribution is -2.29. The SMILES string of the molecule is [N-]=[N+]=NC1([N+](=O)[O-])CCc2ccccc21. The number of rotatable bonds is 2. The third-order valence-corrected chi connectivity index (χ3v) is 2.70. The number of azide groups is 1. The second-order valence-electron chi connectivity index (χ2n) is 3.42. The first kappa shape index (κ1) is 9.48. The minimum absolute atomic E-state index is 0.239. The Hall–Kier alpha value is -2.07. The van der Waals surface area contributed by atoms with Crippen LogP contribution in [0.25, 0.3) is 10.4 Å². The maximum absolute atomic E-state index is 11.0. The summed E-state index contributed by atoms with van der Waals surface area (Å²) in [4.78, 5) is 13.1. The van der Waals surface area contributed by atoms with Gasteiger partial charge in [-0.3, -0.25) is 10.1 Å². The molecule has 1 aromatic carbocycles. The fourth-order valence-electron chi connectivity index (χ4n) is 1.98. The second kappa shape index (κ2) is 3.25. The summed E-state index contributed by atoms with van der Waals surface area (Å²) in [7, 11) is 0. The highest BCUT2D eigenvalue weighted by Gasteiger charge is 2.49. The molecular weight excluding hydrogens is 196 g/mol. The van der Waals surface area contributed by atoms with E-state index in [1.807, 2.05) is 12.1 Å². The van der Waals surface area contributed by atoms with Gasteiger partial charge in [-0.15, -0.1) is 0 Å². The second-order valence-corrected chi connectivity index (χ2v) is 3.42.